The molecular weight excluding hydrogens is 406 g/mol. The summed E-state index contributed by atoms with van der Waals surface area (Å²) in [4.78, 5) is 15.2. The van der Waals surface area contributed by atoms with E-state index in [9.17, 15) is 9.90 Å². The van der Waals surface area contributed by atoms with E-state index in [1.54, 1.807) is 18.2 Å². The van der Waals surface area contributed by atoms with Gasteiger partial charge in [-0.3, -0.25) is 9.69 Å². The normalized spacial score (nSPS) is 17.9. The zero-order chi connectivity index (χ0) is 22.7. The van der Waals surface area contributed by atoms with Crippen LogP contribution in [-0.4, -0.2) is 41.8 Å². The highest BCUT2D eigenvalue weighted by atomic mass is 16.5. The zero-order valence-corrected chi connectivity index (χ0v) is 19.0. The van der Waals surface area contributed by atoms with Crippen LogP contribution in [-0.2, 0) is 0 Å². The minimum Gasteiger partial charge on any atom is -0.491 e. The molecule has 1 aromatic heterocycles. The number of aryl methyl sites for hydroxylation is 2. The highest BCUT2D eigenvalue weighted by Gasteiger charge is 2.21. The number of hydrogen-bond acceptors (Lipinski definition) is 6. The topological polar surface area (TPSA) is 72.1 Å². The van der Waals surface area contributed by atoms with Crippen molar-refractivity contribution in [1.82, 2.24) is 4.90 Å². The summed E-state index contributed by atoms with van der Waals surface area (Å²) in [5.74, 6) is 1.29. The van der Waals surface area contributed by atoms with Crippen LogP contribution in [0.2, 0.25) is 0 Å². The molecule has 0 unspecified atom stereocenters. The first kappa shape index (κ1) is 22.4. The number of aliphatic hydroxyl groups is 1. The Labute approximate surface area is 188 Å². The zero-order valence-electron chi connectivity index (χ0n) is 19.0. The number of hydrogen-bond donors (Lipinski definition) is 1. The second kappa shape index (κ2) is 9.76. The third-order valence-electron chi connectivity index (χ3n) is 5.97. The Bertz CT molecular complexity index is 1120. The molecule has 2 heterocycles. The van der Waals surface area contributed by atoms with Gasteiger partial charge in [-0.25, -0.2) is 0 Å². The maximum absolute atomic E-state index is 12.9. The Morgan fingerprint density at radius 1 is 1.12 bits per heavy atom. The number of rotatable bonds is 7. The molecule has 1 saturated heterocycles. The van der Waals surface area contributed by atoms with E-state index >= 15 is 0 Å². The minimum absolute atomic E-state index is 0.141. The Balaban J connectivity index is 1.43. The van der Waals surface area contributed by atoms with E-state index in [4.69, 9.17) is 13.9 Å². The first-order valence-corrected chi connectivity index (χ1v) is 11.3. The number of piperidine rings is 1. The van der Waals surface area contributed by atoms with Gasteiger partial charge in [0, 0.05) is 18.7 Å². The second-order valence-corrected chi connectivity index (χ2v) is 8.82. The van der Waals surface area contributed by atoms with Gasteiger partial charge < -0.3 is 19.0 Å². The molecule has 1 aliphatic heterocycles. The largest absolute Gasteiger partial charge is 0.491 e. The van der Waals surface area contributed by atoms with Crippen LogP contribution in [0.1, 0.15) is 37.3 Å². The molecule has 170 valence electrons. The molecule has 2 atom stereocenters. The molecule has 4 rings (SSSR count). The maximum atomic E-state index is 12.9. The lowest BCUT2D eigenvalue weighted by atomic mass is 10.0. The van der Waals surface area contributed by atoms with E-state index in [-0.39, 0.29) is 17.8 Å². The molecule has 0 amide bonds. The average molecular weight is 438 g/mol. The summed E-state index contributed by atoms with van der Waals surface area (Å²) in [6, 6.07) is 11.4. The highest BCUT2D eigenvalue weighted by molar-refractivity contribution is 5.79. The van der Waals surface area contributed by atoms with Gasteiger partial charge in [0.25, 0.3) is 0 Å². The van der Waals surface area contributed by atoms with Crippen molar-refractivity contribution in [3.8, 4) is 17.2 Å². The fourth-order valence-electron chi connectivity index (χ4n) is 4.31. The molecule has 2 aromatic carbocycles. The van der Waals surface area contributed by atoms with Crippen molar-refractivity contribution in [3.63, 3.8) is 0 Å². The quantitative estimate of drug-likeness (QED) is 0.572. The first-order chi connectivity index (χ1) is 15.4. The van der Waals surface area contributed by atoms with Gasteiger partial charge in [-0.2, -0.15) is 0 Å². The first-order valence-electron chi connectivity index (χ1n) is 11.3. The van der Waals surface area contributed by atoms with E-state index in [0.29, 0.717) is 35.1 Å². The van der Waals surface area contributed by atoms with Crippen molar-refractivity contribution in [2.45, 2.75) is 52.2 Å². The van der Waals surface area contributed by atoms with E-state index in [0.717, 1.165) is 17.7 Å². The summed E-state index contributed by atoms with van der Waals surface area (Å²) >= 11 is 0. The van der Waals surface area contributed by atoms with Crippen molar-refractivity contribution in [1.29, 1.82) is 0 Å². The number of ether oxygens (including phenoxy) is 2. The number of benzene rings is 2. The van der Waals surface area contributed by atoms with Gasteiger partial charge in [0.05, 0.1) is 5.39 Å². The standard InChI is InChI=1S/C26H31NO5/c1-17-10-18(2)12-22(11-17)32-25-16-31-24-13-21(7-8-23(24)26(25)29)30-15-20(28)14-27-9-5-4-6-19(27)3/h7-8,10-13,16,19-20,28H,4-6,9,14-15H2,1-3H3/t19-,20+/m1/s1. The Morgan fingerprint density at radius 2 is 1.91 bits per heavy atom. The van der Waals surface area contributed by atoms with Gasteiger partial charge in [-0.15, -0.1) is 0 Å². The molecule has 1 aliphatic rings. The molecule has 6 nitrogen and oxygen atoms in total. The Kier molecular flexibility index (Phi) is 6.82. The lowest BCUT2D eigenvalue weighted by Gasteiger charge is -2.34. The van der Waals surface area contributed by atoms with Gasteiger partial charge in [-0.05, 0) is 75.5 Å². The van der Waals surface area contributed by atoms with Gasteiger partial charge in [0.1, 0.15) is 36.1 Å². The third kappa shape index (κ3) is 5.31. The van der Waals surface area contributed by atoms with E-state index in [1.807, 2.05) is 32.0 Å². The molecule has 1 fully saturated rings. The van der Waals surface area contributed by atoms with Gasteiger partial charge in [0.2, 0.25) is 11.2 Å². The smallest absolute Gasteiger partial charge is 0.235 e. The summed E-state index contributed by atoms with van der Waals surface area (Å²) in [6.07, 6.45) is 4.36. The lowest BCUT2D eigenvalue weighted by Crippen LogP contribution is -2.43. The van der Waals surface area contributed by atoms with Crippen LogP contribution in [0.4, 0.5) is 0 Å². The number of β-amino-alcohol motifs (C(OH)–C–C–N with tert-alkyl or cyclic N) is 1. The van der Waals surface area contributed by atoms with Crippen molar-refractivity contribution in [3.05, 3.63) is 64.0 Å². The van der Waals surface area contributed by atoms with Crippen LogP contribution in [0.3, 0.4) is 0 Å². The van der Waals surface area contributed by atoms with E-state index in [2.05, 4.69) is 11.8 Å². The van der Waals surface area contributed by atoms with Gasteiger partial charge in [0.15, 0.2) is 0 Å². The van der Waals surface area contributed by atoms with Crippen LogP contribution in [0.5, 0.6) is 17.2 Å². The summed E-state index contributed by atoms with van der Waals surface area (Å²) in [6.45, 7) is 7.97. The van der Waals surface area contributed by atoms with Gasteiger partial charge >= 0.3 is 0 Å². The predicted octanol–water partition coefficient (Wildman–Crippen LogP) is 4.82. The molecule has 1 N–H and O–H groups in total. The van der Waals surface area contributed by atoms with E-state index in [1.165, 1.54) is 25.5 Å². The molecule has 0 aliphatic carbocycles. The van der Waals surface area contributed by atoms with Gasteiger partial charge in [-0.1, -0.05) is 12.5 Å². The molecule has 0 bridgehead atoms. The monoisotopic (exact) mass is 437 g/mol. The average Bonchev–Trinajstić information content (AvgIpc) is 2.75. The minimum atomic E-state index is -0.577. The van der Waals surface area contributed by atoms with Crippen LogP contribution < -0.4 is 14.9 Å². The Morgan fingerprint density at radius 3 is 2.66 bits per heavy atom. The van der Waals surface area contributed by atoms with Crippen LogP contribution in [0.15, 0.2) is 51.9 Å². The highest BCUT2D eigenvalue weighted by Crippen LogP contribution is 2.25. The van der Waals surface area contributed by atoms with E-state index < -0.39 is 6.10 Å². The molecular formula is C26H31NO5. The Hall–Kier alpha value is -2.83. The lowest BCUT2D eigenvalue weighted by molar-refractivity contribution is 0.0438. The number of likely N-dealkylation sites (tertiary alicyclic amines) is 1. The van der Waals surface area contributed by atoms with Crippen molar-refractivity contribution in [2.75, 3.05) is 19.7 Å². The second-order valence-electron chi connectivity index (χ2n) is 8.82. The summed E-state index contributed by atoms with van der Waals surface area (Å²) < 4.78 is 17.2. The van der Waals surface area contributed by atoms with Crippen molar-refractivity contribution >= 4 is 11.0 Å². The third-order valence-corrected chi connectivity index (χ3v) is 5.97. The summed E-state index contributed by atoms with van der Waals surface area (Å²) in [5.41, 5.74) is 2.29. The molecule has 0 radical (unpaired) electrons. The molecule has 0 spiro atoms. The molecule has 0 saturated carbocycles. The van der Waals surface area contributed by atoms with Crippen LogP contribution in [0, 0.1) is 13.8 Å². The fourth-order valence-corrected chi connectivity index (χ4v) is 4.31. The molecule has 32 heavy (non-hydrogen) atoms. The molecule has 6 heteroatoms. The van der Waals surface area contributed by atoms with Crippen molar-refractivity contribution in [2.24, 2.45) is 0 Å². The number of aliphatic hydroxyl groups excluding tert-OH is 1. The number of fused-ring (bicyclic) bond motifs is 1. The SMILES string of the molecule is Cc1cc(C)cc(Oc2coc3cc(OC[C@@H](O)CN4CCCC[C@H]4C)ccc3c2=O)c1. The molecule has 3 aromatic rings. The van der Waals surface area contributed by atoms with Crippen LogP contribution >= 0.6 is 0 Å². The van der Waals surface area contributed by atoms with Crippen LogP contribution in [0.25, 0.3) is 11.0 Å². The predicted molar refractivity (Wildman–Crippen MR) is 125 cm³/mol. The fraction of sp³-hybridized carbons (Fsp3) is 0.423. The summed E-state index contributed by atoms with van der Waals surface area (Å²) in [5, 5.41) is 10.8. The number of nitrogens with zero attached hydrogens (tertiary/aromatic N) is 1. The summed E-state index contributed by atoms with van der Waals surface area (Å²) in [7, 11) is 0. The van der Waals surface area contributed by atoms with Crippen molar-refractivity contribution < 1.29 is 19.0 Å². The maximum Gasteiger partial charge on any atom is 0.235 e.